The van der Waals surface area contributed by atoms with Crippen LogP contribution in [-0.4, -0.2) is 64.3 Å². The van der Waals surface area contributed by atoms with Crippen LogP contribution in [0.15, 0.2) is 42.5 Å². The summed E-state index contributed by atoms with van der Waals surface area (Å²) in [5, 5.41) is 0.721. The van der Waals surface area contributed by atoms with Gasteiger partial charge in [0.05, 0.1) is 27.3 Å². The number of carbonyl (C=O) groups excluding carboxylic acids is 2. The zero-order chi connectivity index (χ0) is 25.0. The quantitative estimate of drug-likeness (QED) is 0.419. The van der Waals surface area contributed by atoms with Gasteiger partial charge in [0.2, 0.25) is 0 Å². The predicted octanol–water partition coefficient (Wildman–Crippen LogP) is 4.44. The Morgan fingerprint density at radius 3 is 2.56 bits per heavy atom. The second-order valence-electron chi connectivity index (χ2n) is 9.69. The Balaban J connectivity index is 1.34. The number of primary amides is 1. The number of amides is 2. The van der Waals surface area contributed by atoms with E-state index in [-0.39, 0.29) is 16.5 Å². The van der Waals surface area contributed by atoms with Crippen molar-refractivity contribution in [2.24, 2.45) is 11.7 Å². The Hall–Kier alpha value is -3.49. The second-order valence-corrected chi connectivity index (χ2v) is 10.1. The van der Waals surface area contributed by atoms with E-state index < -0.39 is 11.7 Å². The average Bonchev–Trinajstić information content (AvgIpc) is 3.62. The molecule has 7 nitrogen and oxygen atoms in total. The molecule has 3 heterocycles. The van der Waals surface area contributed by atoms with Gasteiger partial charge in [-0.1, -0.05) is 11.6 Å². The number of aromatic amines is 1. The minimum absolute atomic E-state index is 0.00800. The zero-order valence-electron chi connectivity index (χ0n) is 19.6. The van der Waals surface area contributed by atoms with Crippen molar-refractivity contribution in [3.05, 3.63) is 64.4 Å². The highest BCUT2D eigenvalue weighted by molar-refractivity contribution is 6.31. The first-order valence-electron chi connectivity index (χ1n) is 12.1. The molecule has 1 aliphatic heterocycles. The van der Waals surface area contributed by atoms with Gasteiger partial charge in [-0.2, -0.15) is 0 Å². The van der Waals surface area contributed by atoms with Crippen LogP contribution in [0.3, 0.4) is 0 Å². The summed E-state index contributed by atoms with van der Waals surface area (Å²) in [7, 11) is 0. The molecular weight excluding hydrogens is 481 g/mol. The first-order valence-corrected chi connectivity index (χ1v) is 12.5. The minimum Gasteiger partial charge on any atom is -0.366 e. The Kier molecular flexibility index (Phi) is 5.65. The molecule has 2 aliphatic rings. The lowest BCUT2D eigenvalue weighted by atomic mass is 10.1. The Labute approximate surface area is 212 Å². The van der Waals surface area contributed by atoms with Gasteiger partial charge in [-0.05, 0) is 61.2 Å². The molecule has 1 saturated carbocycles. The van der Waals surface area contributed by atoms with Crippen molar-refractivity contribution in [3.8, 4) is 11.3 Å². The largest absolute Gasteiger partial charge is 0.366 e. The smallest absolute Gasteiger partial charge is 0.254 e. The molecular formula is C27H25ClFN5O2. The molecule has 2 aromatic carbocycles. The number of H-pyrrole nitrogens is 1. The molecule has 184 valence electrons. The monoisotopic (exact) mass is 505 g/mol. The van der Waals surface area contributed by atoms with Crippen molar-refractivity contribution in [2.75, 3.05) is 32.7 Å². The number of piperazine rings is 1. The SMILES string of the molecule is NC(=O)c1cc(-c2ccc(F)c(Cl)c2)nc2c1[nH]c1cc(C(=O)N3CCN(CC4CC4)CC3)ccc12. The predicted molar refractivity (Wildman–Crippen MR) is 138 cm³/mol. The summed E-state index contributed by atoms with van der Waals surface area (Å²) in [5.41, 5.74) is 9.26. The van der Waals surface area contributed by atoms with Gasteiger partial charge in [0, 0.05) is 54.8 Å². The fourth-order valence-electron chi connectivity index (χ4n) is 4.97. The van der Waals surface area contributed by atoms with E-state index in [0.717, 1.165) is 30.9 Å². The van der Waals surface area contributed by atoms with Crippen molar-refractivity contribution in [3.63, 3.8) is 0 Å². The van der Waals surface area contributed by atoms with Gasteiger partial charge in [-0.15, -0.1) is 0 Å². The van der Waals surface area contributed by atoms with Gasteiger partial charge in [-0.3, -0.25) is 14.5 Å². The molecule has 2 aromatic heterocycles. The van der Waals surface area contributed by atoms with Crippen LogP contribution in [-0.2, 0) is 0 Å². The summed E-state index contributed by atoms with van der Waals surface area (Å²) in [6, 6.07) is 11.3. The Morgan fingerprint density at radius 2 is 1.86 bits per heavy atom. The van der Waals surface area contributed by atoms with E-state index in [1.165, 1.54) is 25.0 Å². The number of hydrogen-bond acceptors (Lipinski definition) is 4. The molecule has 2 amide bonds. The molecule has 0 unspecified atom stereocenters. The second kappa shape index (κ2) is 8.87. The molecule has 0 bridgehead atoms. The van der Waals surface area contributed by atoms with E-state index >= 15 is 0 Å². The Bertz CT molecular complexity index is 1520. The number of fused-ring (bicyclic) bond motifs is 3. The van der Waals surface area contributed by atoms with E-state index in [9.17, 15) is 14.0 Å². The summed E-state index contributed by atoms with van der Waals surface area (Å²) >= 11 is 5.96. The number of nitrogens with two attached hydrogens (primary N) is 1. The van der Waals surface area contributed by atoms with Crippen molar-refractivity contribution in [2.45, 2.75) is 12.8 Å². The van der Waals surface area contributed by atoms with Crippen molar-refractivity contribution in [1.82, 2.24) is 19.8 Å². The van der Waals surface area contributed by atoms with Gasteiger partial charge in [0.1, 0.15) is 5.82 Å². The lowest BCUT2D eigenvalue weighted by molar-refractivity contribution is 0.0632. The summed E-state index contributed by atoms with van der Waals surface area (Å²) in [5.74, 6) is -0.323. The van der Waals surface area contributed by atoms with Gasteiger partial charge in [0.15, 0.2) is 0 Å². The topological polar surface area (TPSA) is 95.3 Å². The summed E-state index contributed by atoms with van der Waals surface area (Å²) < 4.78 is 13.7. The number of pyridine rings is 1. The lowest BCUT2D eigenvalue weighted by Gasteiger charge is -2.34. The molecule has 0 spiro atoms. The van der Waals surface area contributed by atoms with Crippen molar-refractivity contribution >= 4 is 45.4 Å². The average molecular weight is 506 g/mol. The molecule has 9 heteroatoms. The van der Waals surface area contributed by atoms with Crippen LogP contribution in [0.25, 0.3) is 33.2 Å². The number of hydrogen-bond donors (Lipinski definition) is 2. The number of halogens is 2. The number of nitrogens with one attached hydrogen (secondary N) is 1. The van der Waals surface area contributed by atoms with Crippen LogP contribution in [0.2, 0.25) is 5.02 Å². The lowest BCUT2D eigenvalue weighted by Crippen LogP contribution is -2.49. The van der Waals surface area contributed by atoms with Gasteiger partial charge in [0.25, 0.3) is 11.8 Å². The van der Waals surface area contributed by atoms with Gasteiger partial charge in [-0.25, -0.2) is 9.37 Å². The van der Waals surface area contributed by atoms with Crippen LogP contribution in [0.4, 0.5) is 4.39 Å². The van der Waals surface area contributed by atoms with E-state index in [1.807, 2.05) is 11.0 Å². The third-order valence-corrected chi connectivity index (χ3v) is 7.44. The summed E-state index contributed by atoms with van der Waals surface area (Å²) in [6.07, 6.45) is 2.66. The maximum Gasteiger partial charge on any atom is 0.254 e. The van der Waals surface area contributed by atoms with Crippen molar-refractivity contribution < 1.29 is 14.0 Å². The highest BCUT2D eigenvalue weighted by atomic mass is 35.5. The summed E-state index contributed by atoms with van der Waals surface area (Å²) in [4.78, 5) is 37.8. The molecule has 6 rings (SSSR count). The standard InChI is InChI=1S/C27H25ClFN5O2/c28-20-11-16(4-6-21(20)29)22-13-19(26(30)35)25-24(31-22)18-5-3-17(12-23(18)32-25)27(36)34-9-7-33(8-10-34)14-15-1-2-15/h3-6,11-13,15,32H,1-2,7-10,14H2,(H2,30,35). The third kappa shape index (κ3) is 4.20. The number of aromatic nitrogens is 2. The van der Waals surface area contributed by atoms with Crippen LogP contribution < -0.4 is 5.73 Å². The van der Waals surface area contributed by atoms with Gasteiger partial charge >= 0.3 is 0 Å². The van der Waals surface area contributed by atoms with E-state index in [2.05, 4.69) is 9.88 Å². The highest BCUT2D eigenvalue weighted by Gasteiger charge is 2.28. The molecule has 0 radical (unpaired) electrons. The molecule has 1 saturated heterocycles. The first kappa shape index (κ1) is 22.9. The molecule has 36 heavy (non-hydrogen) atoms. The van der Waals surface area contributed by atoms with Gasteiger partial charge < -0.3 is 15.6 Å². The molecule has 1 aliphatic carbocycles. The van der Waals surface area contributed by atoms with Crippen LogP contribution in [0.5, 0.6) is 0 Å². The summed E-state index contributed by atoms with van der Waals surface area (Å²) in [6.45, 7) is 4.38. The highest BCUT2D eigenvalue weighted by Crippen LogP contribution is 2.32. The maximum atomic E-state index is 13.7. The third-order valence-electron chi connectivity index (χ3n) is 7.15. The fourth-order valence-corrected chi connectivity index (χ4v) is 5.15. The Morgan fingerprint density at radius 1 is 1.08 bits per heavy atom. The van der Waals surface area contributed by atoms with E-state index in [4.69, 9.17) is 22.3 Å². The molecule has 4 aromatic rings. The maximum absolute atomic E-state index is 13.7. The van der Waals surface area contributed by atoms with Crippen LogP contribution >= 0.6 is 11.6 Å². The zero-order valence-corrected chi connectivity index (χ0v) is 20.3. The number of rotatable bonds is 5. The fraction of sp³-hybridized carbons (Fsp3) is 0.296. The normalized spacial score (nSPS) is 16.7. The number of benzene rings is 2. The van der Waals surface area contributed by atoms with Crippen LogP contribution in [0, 0.1) is 11.7 Å². The molecule has 0 atom stereocenters. The van der Waals surface area contributed by atoms with E-state index in [0.29, 0.717) is 46.5 Å². The first-order chi connectivity index (χ1) is 17.4. The minimum atomic E-state index is -0.621. The van der Waals surface area contributed by atoms with Crippen molar-refractivity contribution in [1.29, 1.82) is 0 Å². The number of nitrogens with zero attached hydrogens (tertiary/aromatic N) is 3. The van der Waals surface area contributed by atoms with E-state index in [1.54, 1.807) is 24.3 Å². The molecule has 2 fully saturated rings. The van der Waals surface area contributed by atoms with Crippen LogP contribution in [0.1, 0.15) is 33.6 Å². The number of carbonyl (C=O) groups is 2. The molecule has 3 N–H and O–H groups in total.